The van der Waals surface area contributed by atoms with Gasteiger partial charge in [0.15, 0.2) is 23.0 Å². The Kier molecular flexibility index (Phi) is 5.06. The molecule has 0 bridgehead atoms. The van der Waals surface area contributed by atoms with Crippen LogP contribution in [0.25, 0.3) is 27.8 Å². The average molecular weight is 519 g/mol. The smallest absolute Gasteiger partial charge is 0.228 e. The normalized spacial score (nSPS) is 14.1. The third kappa shape index (κ3) is 3.51. The lowest BCUT2D eigenvalue weighted by Gasteiger charge is -2.28. The minimum Gasteiger partial charge on any atom is -0.508 e. The fourth-order valence-corrected chi connectivity index (χ4v) is 5.23. The highest BCUT2D eigenvalue weighted by Crippen LogP contribution is 2.50. The van der Waals surface area contributed by atoms with Gasteiger partial charge in [-0.1, -0.05) is 42.5 Å². The molecule has 1 atom stereocenters. The largest absolute Gasteiger partial charge is 0.508 e. The van der Waals surface area contributed by atoms with Crippen LogP contribution in [0.4, 0.5) is 0 Å². The summed E-state index contributed by atoms with van der Waals surface area (Å²) in [6.45, 7) is 0. The summed E-state index contributed by atoms with van der Waals surface area (Å²) in [5, 5.41) is 27.5. The number of hydrogen-bond acceptors (Lipinski definition) is 8. The van der Waals surface area contributed by atoms with E-state index in [-0.39, 0.29) is 17.4 Å². The molecule has 0 spiro atoms. The van der Waals surface area contributed by atoms with E-state index in [1.54, 1.807) is 30.9 Å². The number of hydrogen-bond donors (Lipinski definition) is 2. The summed E-state index contributed by atoms with van der Waals surface area (Å²) in [4.78, 5) is 9.42. The molecular weight excluding hydrogens is 496 g/mol. The topological polar surface area (TPSA) is 111 Å². The molecule has 1 aliphatic heterocycles. The first kappa shape index (κ1) is 22.9. The van der Waals surface area contributed by atoms with E-state index in [1.165, 1.54) is 6.33 Å². The Labute approximate surface area is 222 Å². The number of fused-ring (bicyclic) bond motifs is 5. The highest BCUT2D eigenvalue weighted by molar-refractivity contribution is 5.94. The number of nitrogens with zero attached hydrogens (tertiary/aromatic N) is 4. The molecular formula is C30H22N4O5. The molecule has 0 amide bonds. The first-order valence-corrected chi connectivity index (χ1v) is 12.2. The van der Waals surface area contributed by atoms with Crippen molar-refractivity contribution in [3.8, 4) is 46.0 Å². The Morgan fingerprint density at radius 3 is 2.59 bits per heavy atom. The summed E-state index contributed by atoms with van der Waals surface area (Å²) < 4.78 is 18.8. The molecule has 0 radical (unpaired) electrons. The van der Waals surface area contributed by atoms with Gasteiger partial charge in [0, 0.05) is 22.9 Å². The molecule has 39 heavy (non-hydrogen) atoms. The van der Waals surface area contributed by atoms with Crippen molar-refractivity contribution in [1.82, 2.24) is 19.6 Å². The Hall–Kier alpha value is -5.31. The van der Waals surface area contributed by atoms with Gasteiger partial charge >= 0.3 is 0 Å². The van der Waals surface area contributed by atoms with Crippen LogP contribution in [0.2, 0.25) is 0 Å². The molecule has 0 fully saturated rings. The minimum atomic E-state index is -0.373. The van der Waals surface area contributed by atoms with Crippen molar-refractivity contribution >= 4 is 16.4 Å². The van der Waals surface area contributed by atoms with Crippen LogP contribution in [0.1, 0.15) is 22.6 Å². The molecule has 2 N–H and O–H groups in total. The Balaban J connectivity index is 1.47. The minimum absolute atomic E-state index is 0.0842. The van der Waals surface area contributed by atoms with E-state index >= 15 is 0 Å². The highest BCUT2D eigenvalue weighted by atomic mass is 16.5. The van der Waals surface area contributed by atoms with Crippen LogP contribution in [-0.2, 0) is 0 Å². The molecule has 7 rings (SSSR count). The van der Waals surface area contributed by atoms with Gasteiger partial charge in [-0.3, -0.25) is 0 Å². The summed E-state index contributed by atoms with van der Waals surface area (Å²) in [6.07, 6.45) is 1.53. The van der Waals surface area contributed by atoms with Crippen molar-refractivity contribution in [2.24, 2.45) is 0 Å². The van der Waals surface area contributed by atoms with E-state index in [0.29, 0.717) is 51.1 Å². The lowest BCUT2D eigenvalue weighted by Crippen LogP contribution is -2.15. The van der Waals surface area contributed by atoms with Crippen LogP contribution in [0.5, 0.6) is 34.6 Å². The van der Waals surface area contributed by atoms with Crippen LogP contribution in [0.3, 0.4) is 0 Å². The monoisotopic (exact) mass is 518 g/mol. The molecule has 9 nitrogen and oxygen atoms in total. The number of phenols is 2. The van der Waals surface area contributed by atoms with Crippen molar-refractivity contribution in [2.45, 2.75) is 5.92 Å². The Bertz CT molecular complexity index is 1920. The summed E-state index contributed by atoms with van der Waals surface area (Å²) in [5.41, 5.74) is 3.44. The lowest BCUT2D eigenvalue weighted by atomic mass is 9.83. The predicted molar refractivity (Wildman–Crippen MR) is 144 cm³/mol. The molecule has 0 aliphatic carbocycles. The van der Waals surface area contributed by atoms with Crippen LogP contribution < -0.4 is 14.2 Å². The first-order valence-electron chi connectivity index (χ1n) is 12.2. The van der Waals surface area contributed by atoms with E-state index in [1.807, 2.05) is 60.7 Å². The van der Waals surface area contributed by atoms with E-state index in [9.17, 15) is 10.2 Å². The van der Waals surface area contributed by atoms with Gasteiger partial charge in [0.25, 0.3) is 0 Å². The molecule has 0 saturated carbocycles. The fraction of sp³-hybridized carbons (Fsp3) is 0.100. The van der Waals surface area contributed by atoms with Gasteiger partial charge in [0.05, 0.1) is 25.3 Å². The molecule has 9 heteroatoms. The molecule has 2 aromatic heterocycles. The zero-order valence-corrected chi connectivity index (χ0v) is 21.0. The molecule has 6 aromatic rings. The quantitative estimate of drug-likeness (QED) is 0.307. The number of aromatic hydroxyl groups is 2. The van der Waals surface area contributed by atoms with E-state index in [2.05, 4.69) is 10.1 Å². The van der Waals surface area contributed by atoms with Crippen molar-refractivity contribution in [3.63, 3.8) is 0 Å². The summed E-state index contributed by atoms with van der Waals surface area (Å²) in [6, 6.07) is 22.1. The van der Waals surface area contributed by atoms with Gasteiger partial charge in [0.2, 0.25) is 5.88 Å². The van der Waals surface area contributed by atoms with Gasteiger partial charge in [-0.25, -0.2) is 14.5 Å². The third-order valence-electron chi connectivity index (χ3n) is 7.07. The lowest BCUT2D eigenvalue weighted by molar-refractivity contribution is 0.354. The summed E-state index contributed by atoms with van der Waals surface area (Å²) in [5.74, 6) is 2.20. The number of phenolic OH excluding ortho intramolecular Hbond substituents is 2. The number of rotatable bonds is 4. The van der Waals surface area contributed by atoms with Crippen LogP contribution >= 0.6 is 0 Å². The maximum atomic E-state index is 11.1. The molecule has 0 saturated heterocycles. The average Bonchev–Trinajstić information content (AvgIpc) is 3.40. The Morgan fingerprint density at radius 2 is 1.74 bits per heavy atom. The van der Waals surface area contributed by atoms with E-state index < -0.39 is 0 Å². The molecule has 192 valence electrons. The van der Waals surface area contributed by atoms with Gasteiger partial charge in [-0.05, 0) is 35.2 Å². The second-order valence-corrected chi connectivity index (χ2v) is 9.22. The zero-order valence-electron chi connectivity index (χ0n) is 21.0. The number of ether oxygens (including phenoxy) is 3. The van der Waals surface area contributed by atoms with Gasteiger partial charge in [0.1, 0.15) is 23.6 Å². The first-order chi connectivity index (χ1) is 19.1. The summed E-state index contributed by atoms with van der Waals surface area (Å²) in [7, 11) is 3.18. The fourth-order valence-electron chi connectivity index (χ4n) is 5.23. The maximum absolute atomic E-state index is 11.1. The van der Waals surface area contributed by atoms with E-state index in [4.69, 9.17) is 19.2 Å². The number of methoxy groups -OCH3 is 2. The maximum Gasteiger partial charge on any atom is 0.228 e. The SMILES string of the molecule is COc1ccc([C@@H]2c3ccc(O)cc3Oc3ncn4nc(-c5ccc6ccccc6c5O)nc4c32)cc1OC. The van der Waals surface area contributed by atoms with E-state index in [0.717, 1.165) is 16.5 Å². The molecule has 0 unspecified atom stereocenters. The number of benzene rings is 4. The van der Waals surface area contributed by atoms with Gasteiger partial charge in [-0.15, -0.1) is 5.10 Å². The number of aromatic nitrogens is 4. The molecule has 3 heterocycles. The standard InChI is InChI=1S/C30H22N4O5/c1-37-22-12-8-17(13-24(22)38-2)25-20-11-9-18(35)14-23(20)39-30-26(25)29-32-28(33-34(29)15-31-30)21-10-7-16-5-3-4-6-19(16)27(21)36/h3-15,25,35-36H,1-2H3/t25-/m1/s1. The van der Waals surface area contributed by atoms with Gasteiger partial charge in [-0.2, -0.15) is 0 Å². The second-order valence-electron chi connectivity index (χ2n) is 9.22. The van der Waals surface area contributed by atoms with Crippen molar-refractivity contribution in [1.29, 1.82) is 0 Å². The molecule has 1 aliphatic rings. The predicted octanol–water partition coefficient (Wildman–Crippen LogP) is 5.66. The van der Waals surface area contributed by atoms with Crippen molar-refractivity contribution in [2.75, 3.05) is 14.2 Å². The Morgan fingerprint density at radius 1 is 0.897 bits per heavy atom. The highest BCUT2D eigenvalue weighted by Gasteiger charge is 2.34. The van der Waals surface area contributed by atoms with Crippen molar-refractivity contribution < 1.29 is 24.4 Å². The third-order valence-corrected chi connectivity index (χ3v) is 7.07. The zero-order chi connectivity index (χ0) is 26.7. The second kappa shape index (κ2) is 8.63. The molecule has 4 aromatic carbocycles. The summed E-state index contributed by atoms with van der Waals surface area (Å²) >= 11 is 0. The van der Waals surface area contributed by atoms with Crippen LogP contribution in [0.15, 0.2) is 79.1 Å². The van der Waals surface area contributed by atoms with Crippen LogP contribution in [0, 0.1) is 0 Å². The van der Waals surface area contributed by atoms with Crippen LogP contribution in [-0.4, -0.2) is 44.0 Å². The van der Waals surface area contributed by atoms with Gasteiger partial charge < -0.3 is 24.4 Å². The van der Waals surface area contributed by atoms with Crippen molar-refractivity contribution in [3.05, 3.63) is 95.8 Å².